The molecule has 1 atom stereocenters. The van der Waals surface area contributed by atoms with Gasteiger partial charge in [-0.1, -0.05) is 5.16 Å². The lowest BCUT2D eigenvalue weighted by molar-refractivity contribution is 0.0687. The molecule has 106 valence electrons. The van der Waals surface area contributed by atoms with Gasteiger partial charge >= 0.3 is 5.97 Å². The first-order valence-electron chi connectivity index (χ1n) is 6.58. The van der Waals surface area contributed by atoms with Gasteiger partial charge in [-0.2, -0.15) is 5.10 Å². The number of aromatic carboxylic acids is 1. The molecule has 3 rings (SSSR count). The molecule has 1 aliphatic rings. The van der Waals surface area contributed by atoms with Crippen molar-refractivity contribution in [3.63, 3.8) is 0 Å². The third-order valence-corrected chi connectivity index (χ3v) is 3.66. The summed E-state index contributed by atoms with van der Waals surface area (Å²) in [4.78, 5) is 13.3. The number of rotatable bonds is 4. The highest BCUT2D eigenvalue weighted by Crippen LogP contribution is 2.32. The van der Waals surface area contributed by atoms with E-state index in [4.69, 9.17) is 9.63 Å². The number of nitrogens with one attached hydrogen (secondary N) is 1. The van der Waals surface area contributed by atoms with Crippen LogP contribution in [-0.4, -0.2) is 37.9 Å². The third-order valence-electron chi connectivity index (χ3n) is 3.66. The Balaban J connectivity index is 1.79. The van der Waals surface area contributed by atoms with Crippen molar-refractivity contribution in [3.05, 3.63) is 35.0 Å². The van der Waals surface area contributed by atoms with Gasteiger partial charge in [-0.15, -0.1) is 0 Å². The standard InChI is InChI=1S/C13H16N4O3/c1-8-5-10(16-20-8)11-3-2-4-17(11)7-9-6-14-15-12(9)13(18)19/h5-6,11H,2-4,7H2,1H3,(H,14,15)(H,18,19). The van der Waals surface area contributed by atoms with Crippen molar-refractivity contribution in [2.45, 2.75) is 32.4 Å². The van der Waals surface area contributed by atoms with Crippen molar-refractivity contribution in [1.82, 2.24) is 20.3 Å². The van der Waals surface area contributed by atoms with Gasteiger partial charge in [0.1, 0.15) is 17.1 Å². The first-order valence-corrected chi connectivity index (χ1v) is 6.58. The Bertz CT molecular complexity index is 619. The number of aryl methyl sites for hydroxylation is 1. The van der Waals surface area contributed by atoms with Gasteiger partial charge in [-0.25, -0.2) is 4.79 Å². The fourth-order valence-corrected chi connectivity index (χ4v) is 2.73. The van der Waals surface area contributed by atoms with E-state index in [1.54, 1.807) is 6.20 Å². The molecule has 20 heavy (non-hydrogen) atoms. The molecule has 0 radical (unpaired) electrons. The van der Waals surface area contributed by atoms with Crippen molar-refractivity contribution in [1.29, 1.82) is 0 Å². The van der Waals surface area contributed by atoms with E-state index in [9.17, 15) is 4.79 Å². The lowest BCUT2D eigenvalue weighted by Gasteiger charge is -2.22. The van der Waals surface area contributed by atoms with Gasteiger partial charge in [0.15, 0.2) is 0 Å². The predicted octanol–water partition coefficient (Wildman–Crippen LogP) is 1.74. The number of aromatic amines is 1. The summed E-state index contributed by atoms with van der Waals surface area (Å²) in [6, 6.07) is 2.13. The summed E-state index contributed by atoms with van der Waals surface area (Å²) in [6.45, 7) is 3.34. The van der Waals surface area contributed by atoms with E-state index in [2.05, 4.69) is 20.3 Å². The summed E-state index contributed by atoms with van der Waals surface area (Å²) < 4.78 is 5.13. The number of aromatic nitrogens is 3. The van der Waals surface area contributed by atoms with E-state index in [1.165, 1.54) is 0 Å². The minimum atomic E-state index is -0.981. The Labute approximate surface area is 115 Å². The molecule has 2 N–H and O–H groups in total. The molecule has 0 aliphatic carbocycles. The molecule has 0 spiro atoms. The quantitative estimate of drug-likeness (QED) is 0.883. The summed E-state index contributed by atoms with van der Waals surface area (Å²) >= 11 is 0. The monoisotopic (exact) mass is 276 g/mol. The predicted molar refractivity (Wildman–Crippen MR) is 69.2 cm³/mol. The van der Waals surface area contributed by atoms with Gasteiger partial charge in [0, 0.05) is 18.2 Å². The van der Waals surface area contributed by atoms with Crippen molar-refractivity contribution in [2.24, 2.45) is 0 Å². The first kappa shape index (κ1) is 12.9. The molecule has 2 aromatic rings. The second kappa shape index (κ2) is 5.09. The van der Waals surface area contributed by atoms with E-state index in [0.717, 1.165) is 30.8 Å². The Morgan fingerprint density at radius 3 is 3.20 bits per heavy atom. The van der Waals surface area contributed by atoms with Crippen molar-refractivity contribution < 1.29 is 14.4 Å². The SMILES string of the molecule is Cc1cc(C2CCCN2Cc2cn[nH]c2C(=O)O)no1. The van der Waals surface area contributed by atoms with Gasteiger partial charge in [0.2, 0.25) is 0 Å². The van der Waals surface area contributed by atoms with Crippen LogP contribution in [-0.2, 0) is 6.54 Å². The van der Waals surface area contributed by atoms with E-state index in [1.807, 2.05) is 13.0 Å². The highest BCUT2D eigenvalue weighted by Gasteiger charge is 2.29. The third kappa shape index (κ3) is 2.32. The van der Waals surface area contributed by atoms with Gasteiger partial charge in [-0.3, -0.25) is 10.00 Å². The smallest absolute Gasteiger partial charge is 0.354 e. The molecule has 1 aliphatic heterocycles. The van der Waals surface area contributed by atoms with Gasteiger partial charge in [0.25, 0.3) is 0 Å². The molecule has 7 nitrogen and oxygen atoms in total. The van der Waals surface area contributed by atoms with Gasteiger partial charge < -0.3 is 9.63 Å². The normalized spacial score (nSPS) is 19.6. The molecule has 2 aromatic heterocycles. The number of carboxylic acid groups (broad SMARTS) is 1. The summed E-state index contributed by atoms with van der Waals surface area (Å²) in [6.07, 6.45) is 3.65. The molecule has 1 unspecified atom stereocenters. The Kier molecular flexibility index (Phi) is 3.27. The maximum absolute atomic E-state index is 11.1. The summed E-state index contributed by atoms with van der Waals surface area (Å²) in [5.41, 5.74) is 1.77. The molecule has 7 heteroatoms. The topological polar surface area (TPSA) is 95.2 Å². The summed E-state index contributed by atoms with van der Waals surface area (Å²) in [5.74, 6) is -0.188. The van der Waals surface area contributed by atoms with E-state index in [0.29, 0.717) is 12.1 Å². The van der Waals surface area contributed by atoms with Crippen LogP contribution >= 0.6 is 0 Å². The molecule has 1 fully saturated rings. The number of carboxylic acids is 1. The van der Waals surface area contributed by atoms with Crippen LogP contribution in [0, 0.1) is 6.92 Å². The van der Waals surface area contributed by atoms with Crippen LogP contribution in [0.2, 0.25) is 0 Å². The minimum absolute atomic E-state index is 0.159. The fraction of sp³-hybridized carbons (Fsp3) is 0.462. The molecule has 1 saturated heterocycles. The number of hydrogen-bond acceptors (Lipinski definition) is 5. The number of hydrogen-bond donors (Lipinski definition) is 2. The average molecular weight is 276 g/mol. The van der Waals surface area contributed by atoms with Crippen molar-refractivity contribution in [2.75, 3.05) is 6.54 Å². The molecule has 0 saturated carbocycles. The van der Waals surface area contributed by atoms with Gasteiger partial charge in [0.05, 0.1) is 12.2 Å². The number of carbonyl (C=O) groups is 1. The largest absolute Gasteiger partial charge is 0.477 e. The zero-order valence-electron chi connectivity index (χ0n) is 11.2. The molecule has 0 aromatic carbocycles. The second-order valence-electron chi connectivity index (χ2n) is 5.07. The maximum Gasteiger partial charge on any atom is 0.354 e. The molecule has 3 heterocycles. The zero-order valence-corrected chi connectivity index (χ0v) is 11.2. The average Bonchev–Trinajstić information content (AvgIpc) is 3.09. The van der Waals surface area contributed by atoms with Crippen LogP contribution in [0.5, 0.6) is 0 Å². The maximum atomic E-state index is 11.1. The Hall–Kier alpha value is -2.15. The lowest BCUT2D eigenvalue weighted by atomic mass is 10.1. The Morgan fingerprint density at radius 1 is 1.65 bits per heavy atom. The highest BCUT2D eigenvalue weighted by atomic mass is 16.5. The summed E-state index contributed by atoms with van der Waals surface area (Å²) in [5, 5.41) is 19.5. The van der Waals surface area contributed by atoms with Crippen LogP contribution in [0.1, 0.15) is 46.4 Å². The first-order chi connectivity index (χ1) is 9.65. The van der Waals surface area contributed by atoms with Crippen LogP contribution < -0.4 is 0 Å². The van der Waals surface area contributed by atoms with E-state index in [-0.39, 0.29) is 11.7 Å². The fourth-order valence-electron chi connectivity index (χ4n) is 2.73. The van der Waals surface area contributed by atoms with Crippen molar-refractivity contribution in [3.8, 4) is 0 Å². The summed E-state index contributed by atoms with van der Waals surface area (Å²) in [7, 11) is 0. The molecular formula is C13H16N4O3. The van der Waals surface area contributed by atoms with E-state index < -0.39 is 5.97 Å². The van der Waals surface area contributed by atoms with Gasteiger partial charge in [-0.05, 0) is 26.3 Å². The minimum Gasteiger partial charge on any atom is -0.477 e. The number of nitrogens with zero attached hydrogens (tertiary/aromatic N) is 3. The van der Waals surface area contributed by atoms with Crippen LogP contribution in [0.15, 0.2) is 16.8 Å². The van der Waals surface area contributed by atoms with Crippen LogP contribution in [0.4, 0.5) is 0 Å². The number of likely N-dealkylation sites (tertiary alicyclic amines) is 1. The van der Waals surface area contributed by atoms with Crippen LogP contribution in [0.3, 0.4) is 0 Å². The molecule has 0 amide bonds. The second-order valence-corrected chi connectivity index (χ2v) is 5.07. The highest BCUT2D eigenvalue weighted by molar-refractivity contribution is 5.86. The molecular weight excluding hydrogens is 260 g/mol. The van der Waals surface area contributed by atoms with Crippen LogP contribution in [0.25, 0.3) is 0 Å². The lowest BCUT2D eigenvalue weighted by Crippen LogP contribution is -2.23. The Morgan fingerprint density at radius 2 is 2.50 bits per heavy atom. The van der Waals surface area contributed by atoms with E-state index >= 15 is 0 Å². The van der Waals surface area contributed by atoms with Crippen molar-refractivity contribution >= 4 is 5.97 Å². The number of H-pyrrole nitrogens is 1. The molecule has 0 bridgehead atoms. The zero-order chi connectivity index (χ0) is 14.1.